The van der Waals surface area contributed by atoms with E-state index >= 15 is 0 Å². The van der Waals surface area contributed by atoms with Crippen LogP contribution in [0.4, 0.5) is 10.1 Å². The van der Waals surface area contributed by atoms with Crippen molar-refractivity contribution < 1.29 is 14.0 Å². The van der Waals surface area contributed by atoms with E-state index in [9.17, 15) is 14.0 Å². The number of likely N-dealkylation sites (tertiary alicyclic amines) is 1. The average Bonchev–Trinajstić information content (AvgIpc) is 2.96. The Kier molecular flexibility index (Phi) is 4.50. The molecule has 2 aliphatic rings. The molecule has 2 fully saturated rings. The van der Waals surface area contributed by atoms with E-state index in [-0.39, 0.29) is 23.5 Å². The number of anilines is 1. The summed E-state index contributed by atoms with van der Waals surface area (Å²) in [6.45, 7) is 5.49. The van der Waals surface area contributed by atoms with E-state index in [0.717, 1.165) is 0 Å². The number of hydrogen-bond donors (Lipinski definition) is 0. The second-order valence-electron chi connectivity index (χ2n) is 6.10. The highest BCUT2D eigenvalue weighted by atomic mass is 19.1. The Balaban J connectivity index is 1.58. The first-order chi connectivity index (χ1) is 11.1. The van der Waals surface area contributed by atoms with Crippen molar-refractivity contribution in [1.82, 2.24) is 9.80 Å². The monoisotopic (exact) mass is 319 g/mol. The quantitative estimate of drug-likeness (QED) is 0.844. The summed E-state index contributed by atoms with van der Waals surface area (Å²) in [6, 6.07) is 6.71. The van der Waals surface area contributed by atoms with Crippen LogP contribution in [0.15, 0.2) is 24.3 Å². The molecule has 1 aromatic carbocycles. The number of para-hydroxylation sites is 1. The molecule has 0 aromatic heterocycles. The second-order valence-corrected chi connectivity index (χ2v) is 6.10. The van der Waals surface area contributed by atoms with Gasteiger partial charge in [0.2, 0.25) is 11.8 Å². The van der Waals surface area contributed by atoms with E-state index < -0.39 is 0 Å². The maximum Gasteiger partial charge on any atom is 0.228 e. The summed E-state index contributed by atoms with van der Waals surface area (Å²) in [4.78, 5) is 29.9. The lowest BCUT2D eigenvalue weighted by molar-refractivity contribution is -0.136. The van der Waals surface area contributed by atoms with Crippen LogP contribution in [0.3, 0.4) is 0 Å². The predicted molar refractivity (Wildman–Crippen MR) is 85.6 cm³/mol. The molecule has 3 rings (SSSR count). The number of nitrogens with zero attached hydrogens (tertiary/aromatic N) is 3. The fraction of sp³-hybridized carbons (Fsp3) is 0.529. The van der Waals surface area contributed by atoms with Gasteiger partial charge in [-0.15, -0.1) is 0 Å². The summed E-state index contributed by atoms with van der Waals surface area (Å²) in [6.07, 6.45) is 0.320. The molecule has 2 heterocycles. The predicted octanol–water partition coefficient (Wildman–Crippen LogP) is 1.34. The van der Waals surface area contributed by atoms with Crippen molar-refractivity contribution in [2.45, 2.75) is 13.3 Å². The van der Waals surface area contributed by atoms with E-state index in [1.165, 1.54) is 6.07 Å². The van der Waals surface area contributed by atoms with E-state index in [1.807, 2.05) is 22.8 Å². The zero-order chi connectivity index (χ0) is 16.4. The Hall–Kier alpha value is -2.11. The molecule has 5 nitrogen and oxygen atoms in total. The van der Waals surface area contributed by atoms with Gasteiger partial charge in [-0.3, -0.25) is 9.59 Å². The van der Waals surface area contributed by atoms with Crippen molar-refractivity contribution >= 4 is 17.5 Å². The van der Waals surface area contributed by atoms with Crippen molar-refractivity contribution in [3.05, 3.63) is 30.1 Å². The highest BCUT2D eigenvalue weighted by Gasteiger charge is 2.36. The van der Waals surface area contributed by atoms with Crippen LogP contribution >= 0.6 is 0 Å². The van der Waals surface area contributed by atoms with E-state index in [2.05, 4.69) is 0 Å². The van der Waals surface area contributed by atoms with Crippen LogP contribution < -0.4 is 4.90 Å². The molecule has 124 valence electrons. The molecule has 2 saturated heterocycles. The average molecular weight is 319 g/mol. The third-order valence-electron chi connectivity index (χ3n) is 4.73. The number of carbonyl (C=O) groups excluding carboxylic acids is 2. The maximum absolute atomic E-state index is 13.8. The minimum atomic E-state index is -0.229. The minimum absolute atomic E-state index is 0.0579. The maximum atomic E-state index is 13.8. The number of piperazine rings is 1. The highest BCUT2D eigenvalue weighted by molar-refractivity contribution is 5.89. The zero-order valence-corrected chi connectivity index (χ0v) is 13.4. The van der Waals surface area contributed by atoms with Crippen molar-refractivity contribution in [3.63, 3.8) is 0 Å². The SMILES string of the molecule is CCN1C[C@H](C(=O)N2CCN(c3ccccc3F)CC2)CC1=O. The Bertz CT molecular complexity index is 599. The molecule has 0 radical (unpaired) electrons. The van der Waals surface area contributed by atoms with Gasteiger partial charge in [-0.2, -0.15) is 0 Å². The number of amides is 2. The molecule has 23 heavy (non-hydrogen) atoms. The van der Waals surface area contributed by atoms with Crippen LogP contribution in [0.25, 0.3) is 0 Å². The van der Waals surface area contributed by atoms with Crippen molar-refractivity contribution in [2.75, 3.05) is 44.2 Å². The molecule has 0 bridgehead atoms. The van der Waals surface area contributed by atoms with Gasteiger partial charge in [0.05, 0.1) is 11.6 Å². The lowest BCUT2D eigenvalue weighted by atomic mass is 10.1. The third kappa shape index (κ3) is 3.16. The summed E-state index contributed by atoms with van der Waals surface area (Å²) in [5.41, 5.74) is 0.591. The van der Waals surface area contributed by atoms with Gasteiger partial charge < -0.3 is 14.7 Å². The Labute approximate surface area is 135 Å². The first-order valence-corrected chi connectivity index (χ1v) is 8.16. The Morgan fingerprint density at radius 3 is 2.52 bits per heavy atom. The molecule has 1 aromatic rings. The first-order valence-electron chi connectivity index (χ1n) is 8.16. The number of rotatable bonds is 3. The molecule has 0 unspecified atom stereocenters. The van der Waals surface area contributed by atoms with Crippen LogP contribution in [0, 0.1) is 11.7 Å². The summed E-state index contributed by atoms with van der Waals surface area (Å²) >= 11 is 0. The molecular formula is C17H22FN3O2. The zero-order valence-electron chi connectivity index (χ0n) is 13.4. The minimum Gasteiger partial charge on any atom is -0.366 e. The number of benzene rings is 1. The standard InChI is InChI=1S/C17H22FN3O2/c1-2-19-12-13(11-16(19)22)17(23)21-9-7-20(8-10-21)15-6-4-3-5-14(15)18/h3-6,13H,2,7-12H2,1H3/t13-/m1/s1. The third-order valence-corrected chi connectivity index (χ3v) is 4.73. The van der Waals surface area contributed by atoms with Gasteiger partial charge in [-0.25, -0.2) is 4.39 Å². The van der Waals surface area contributed by atoms with Gasteiger partial charge in [0.25, 0.3) is 0 Å². The largest absolute Gasteiger partial charge is 0.366 e. The molecule has 1 atom stereocenters. The summed E-state index contributed by atoms with van der Waals surface area (Å²) in [7, 11) is 0. The normalized spacial score (nSPS) is 21.9. The van der Waals surface area contributed by atoms with Gasteiger partial charge in [0.1, 0.15) is 5.82 Å². The second kappa shape index (κ2) is 6.56. The number of hydrogen-bond acceptors (Lipinski definition) is 3. The van der Waals surface area contributed by atoms with Crippen LogP contribution in [-0.2, 0) is 9.59 Å². The van der Waals surface area contributed by atoms with Crippen molar-refractivity contribution in [1.29, 1.82) is 0 Å². The molecular weight excluding hydrogens is 297 g/mol. The Morgan fingerprint density at radius 2 is 1.91 bits per heavy atom. The van der Waals surface area contributed by atoms with Crippen LogP contribution in [0.1, 0.15) is 13.3 Å². The van der Waals surface area contributed by atoms with Crippen molar-refractivity contribution in [3.8, 4) is 0 Å². The van der Waals surface area contributed by atoms with Crippen LogP contribution in [0.2, 0.25) is 0 Å². The molecule has 2 amide bonds. The lowest BCUT2D eigenvalue weighted by Crippen LogP contribution is -2.51. The van der Waals surface area contributed by atoms with Crippen LogP contribution in [0.5, 0.6) is 0 Å². The first kappa shape index (κ1) is 15.8. The summed E-state index contributed by atoms with van der Waals surface area (Å²) < 4.78 is 13.8. The van der Waals surface area contributed by atoms with Gasteiger partial charge in [-0.1, -0.05) is 12.1 Å². The van der Waals surface area contributed by atoms with E-state index in [0.29, 0.717) is 51.4 Å². The summed E-state index contributed by atoms with van der Waals surface area (Å²) in [5.74, 6) is -0.326. The van der Waals surface area contributed by atoms with Gasteiger partial charge in [-0.05, 0) is 19.1 Å². The molecule has 0 aliphatic carbocycles. The molecule has 0 spiro atoms. The van der Waals surface area contributed by atoms with Gasteiger partial charge >= 0.3 is 0 Å². The van der Waals surface area contributed by atoms with E-state index in [4.69, 9.17) is 0 Å². The van der Waals surface area contributed by atoms with E-state index in [1.54, 1.807) is 17.0 Å². The molecule has 6 heteroatoms. The fourth-order valence-corrected chi connectivity index (χ4v) is 3.38. The van der Waals surface area contributed by atoms with Gasteiger partial charge in [0, 0.05) is 45.7 Å². The molecule has 2 aliphatic heterocycles. The fourth-order valence-electron chi connectivity index (χ4n) is 3.38. The molecule has 0 N–H and O–H groups in total. The summed E-state index contributed by atoms with van der Waals surface area (Å²) in [5, 5.41) is 0. The van der Waals surface area contributed by atoms with Crippen LogP contribution in [-0.4, -0.2) is 60.9 Å². The smallest absolute Gasteiger partial charge is 0.228 e. The topological polar surface area (TPSA) is 43.9 Å². The van der Waals surface area contributed by atoms with Gasteiger partial charge in [0.15, 0.2) is 0 Å². The number of carbonyl (C=O) groups is 2. The molecule has 0 saturated carbocycles. The number of halogens is 1. The van der Waals surface area contributed by atoms with Crippen molar-refractivity contribution in [2.24, 2.45) is 5.92 Å². The highest BCUT2D eigenvalue weighted by Crippen LogP contribution is 2.23. The Morgan fingerprint density at radius 1 is 1.22 bits per heavy atom. The lowest BCUT2D eigenvalue weighted by Gasteiger charge is -2.37.